The lowest BCUT2D eigenvalue weighted by Gasteiger charge is -2.32. The van der Waals surface area contributed by atoms with Crippen molar-refractivity contribution in [3.8, 4) is 0 Å². The topological polar surface area (TPSA) is 57.6 Å². The van der Waals surface area contributed by atoms with Gasteiger partial charge in [0.1, 0.15) is 5.41 Å². The average molecular weight is 244 g/mol. The highest BCUT2D eigenvalue weighted by atomic mass is 16.2. The van der Waals surface area contributed by atoms with Gasteiger partial charge in [0, 0.05) is 44.9 Å². The van der Waals surface area contributed by atoms with Crippen LogP contribution in [-0.4, -0.2) is 41.7 Å². The van der Waals surface area contributed by atoms with Crippen LogP contribution in [0, 0.1) is 5.41 Å². The van der Waals surface area contributed by atoms with E-state index < -0.39 is 5.41 Å². The zero-order valence-electron chi connectivity index (χ0n) is 10.4. The summed E-state index contributed by atoms with van der Waals surface area (Å²) in [7, 11) is 1.73. The van der Waals surface area contributed by atoms with Gasteiger partial charge < -0.3 is 5.32 Å². The first-order valence-electron chi connectivity index (χ1n) is 6.19. The Bertz CT molecular complexity index is 499. The molecule has 1 N–H and O–H groups in total. The van der Waals surface area contributed by atoms with E-state index in [1.54, 1.807) is 13.2 Å². The SMILES string of the molecule is CN1N=C2CCNC[C@]2(Cc2ccccn2)C1=O. The summed E-state index contributed by atoms with van der Waals surface area (Å²) in [5.41, 5.74) is 1.43. The first kappa shape index (κ1) is 11.3. The molecule has 0 spiro atoms. The molecule has 1 amide bonds. The van der Waals surface area contributed by atoms with Crippen molar-refractivity contribution in [3.63, 3.8) is 0 Å². The Morgan fingerprint density at radius 1 is 1.50 bits per heavy atom. The van der Waals surface area contributed by atoms with Crippen molar-refractivity contribution < 1.29 is 4.79 Å². The second kappa shape index (κ2) is 4.17. The predicted octanol–water partition coefficient (Wildman–Crippen LogP) is 0.432. The molecule has 5 nitrogen and oxygen atoms in total. The smallest absolute Gasteiger partial charge is 0.256 e. The van der Waals surface area contributed by atoms with E-state index in [9.17, 15) is 4.79 Å². The van der Waals surface area contributed by atoms with Gasteiger partial charge in [-0.15, -0.1) is 0 Å². The molecule has 1 aromatic rings. The Labute approximate surface area is 106 Å². The third kappa shape index (κ3) is 1.62. The van der Waals surface area contributed by atoms with Crippen LogP contribution in [0.15, 0.2) is 29.5 Å². The first-order chi connectivity index (χ1) is 8.72. The monoisotopic (exact) mass is 244 g/mol. The van der Waals surface area contributed by atoms with Crippen LogP contribution < -0.4 is 5.32 Å². The van der Waals surface area contributed by atoms with Gasteiger partial charge in [0.15, 0.2) is 0 Å². The van der Waals surface area contributed by atoms with E-state index >= 15 is 0 Å². The van der Waals surface area contributed by atoms with E-state index in [0.717, 1.165) is 24.4 Å². The summed E-state index contributed by atoms with van der Waals surface area (Å²) in [6.07, 6.45) is 3.23. The summed E-state index contributed by atoms with van der Waals surface area (Å²) in [5.74, 6) is 0.0790. The lowest BCUT2D eigenvalue weighted by atomic mass is 9.75. The summed E-state index contributed by atoms with van der Waals surface area (Å²) < 4.78 is 0. The van der Waals surface area contributed by atoms with Gasteiger partial charge in [0.05, 0.1) is 5.71 Å². The van der Waals surface area contributed by atoms with Gasteiger partial charge in [-0.05, 0) is 12.1 Å². The van der Waals surface area contributed by atoms with Crippen molar-refractivity contribution in [2.75, 3.05) is 20.1 Å². The van der Waals surface area contributed by atoms with Crippen molar-refractivity contribution in [1.82, 2.24) is 15.3 Å². The van der Waals surface area contributed by atoms with Crippen LogP contribution in [0.1, 0.15) is 12.1 Å². The second-order valence-electron chi connectivity index (χ2n) is 4.88. The molecule has 0 unspecified atom stereocenters. The second-order valence-corrected chi connectivity index (χ2v) is 4.88. The molecule has 1 fully saturated rings. The van der Waals surface area contributed by atoms with Crippen molar-refractivity contribution in [3.05, 3.63) is 30.1 Å². The van der Waals surface area contributed by atoms with Crippen LogP contribution in [0.25, 0.3) is 0 Å². The molecule has 1 atom stereocenters. The highest BCUT2D eigenvalue weighted by molar-refractivity contribution is 6.13. The standard InChI is InChI=1S/C13H16N4O/c1-17-12(18)13(8-10-4-2-3-6-15-10)9-14-7-5-11(13)16-17/h2-4,6,14H,5,7-9H2,1H3/t13-/m0/s1. The summed E-state index contributed by atoms with van der Waals surface area (Å²) in [6.45, 7) is 1.55. The number of aromatic nitrogens is 1. The number of hydrazone groups is 1. The van der Waals surface area contributed by atoms with E-state index in [-0.39, 0.29) is 5.91 Å². The molecule has 0 saturated carbocycles. The zero-order chi connectivity index (χ0) is 12.6. The van der Waals surface area contributed by atoms with Gasteiger partial charge in [-0.25, -0.2) is 5.01 Å². The number of piperidine rings is 1. The minimum atomic E-state index is -0.513. The van der Waals surface area contributed by atoms with Gasteiger partial charge in [0.25, 0.3) is 5.91 Å². The average Bonchev–Trinajstić information content (AvgIpc) is 2.64. The molecular formula is C13H16N4O. The van der Waals surface area contributed by atoms with E-state index in [4.69, 9.17) is 0 Å². The molecule has 1 aromatic heterocycles. The van der Waals surface area contributed by atoms with Crippen molar-refractivity contribution in [2.45, 2.75) is 12.8 Å². The number of hydrogen-bond donors (Lipinski definition) is 1. The molecule has 1 saturated heterocycles. The highest BCUT2D eigenvalue weighted by Crippen LogP contribution is 2.34. The normalized spacial score (nSPS) is 27.1. The Kier molecular flexibility index (Phi) is 2.63. The minimum absolute atomic E-state index is 0.0790. The van der Waals surface area contributed by atoms with Crippen molar-refractivity contribution in [2.24, 2.45) is 10.5 Å². The van der Waals surface area contributed by atoms with Crippen LogP contribution in [0.3, 0.4) is 0 Å². The predicted molar refractivity (Wildman–Crippen MR) is 68.1 cm³/mol. The summed E-state index contributed by atoms with van der Waals surface area (Å²) >= 11 is 0. The zero-order valence-corrected chi connectivity index (χ0v) is 10.4. The highest BCUT2D eigenvalue weighted by Gasteiger charge is 2.50. The molecule has 2 aliphatic heterocycles. The van der Waals surface area contributed by atoms with Gasteiger partial charge in [-0.3, -0.25) is 9.78 Å². The maximum Gasteiger partial charge on any atom is 0.256 e. The fraction of sp³-hybridized carbons (Fsp3) is 0.462. The first-order valence-corrected chi connectivity index (χ1v) is 6.19. The van der Waals surface area contributed by atoms with Gasteiger partial charge in [0.2, 0.25) is 0 Å². The van der Waals surface area contributed by atoms with E-state index in [1.807, 2.05) is 18.2 Å². The fourth-order valence-corrected chi connectivity index (χ4v) is 2.78. The molecule has 3 heterocycles. The molecule has 18 heavy (non-hydrogen) atoms. The van der Waals surface area contributed by atoms with E-state index in [1.165, 1.54) is 5.01 Å². The molecule has 94 valence electrons. The molecule has 0 bridgehead atoms. The number of pyridine rings is 1. The minimum Gasteiger partial charge on any atom is -0.315 e. The molecule has 3 rings (SSSR count). The number of hydrogen-bond acceptors (Lipinski definition) is 4. The number of nitrogens with one attached hydrogen (secondary N) is 1. The van der Waals surface area contributed by atoms with Crippen LogP contribution in [0.5, 0.6) is 0 Å². The van der Waals surface area contributed by atoms with Crippen LogP contribution >= 0.6 is 0 Å². The quantitative estimate of drug-likeness (QED) is 0.821. The molecule has 0 aliphatic carbocycles. The molecule has 2 aliphatic rings. The number of nitrogens with zero attached hydrogens (tertiary/aromatic N) is 3. The van der Waals surface area contributed by atoms with Gasteiger partial charge >= 0.3 is 0 Å². The number of fused-ring (bicyclic) bond motifs is 1. The third-order valence-electron chi connectivity index (χ3n) is 3.70. The summed E-state index contributed by atoms with van der Waals surface area (Å²) in [4.78, 5) is 16.7. The maximum absolute atomic E-state index is 12.4. The maximum atomic E-state index is 12.4. The number of carbonyl (C=O) groups is 1. The fourth-order valence-electron chi connectivity index (χ4n) is 2.78. The number of amides is 1. The van der Waals surface area contributed by atoms with Crippen LogP contribution in [-0.2, 0) is 11.2 Å². The Morgan fingerprint density at radius 2 is 2.39 bits per heavy atom. The largest absolute Gasteiger partial charge is 0.315 e. The summed E-state index contributed by atoms with van der Waals surface area (Å²) in [6, 6.07) is 5.81. The Morgan fingerprint density at radius 3 is 3.17 bits per heavy atom. The molecule has 0 aromatic carbocycles. The Balaban J connectivity index is 1.96. The number of carbonyl (C=O) groups excluding carboxylic acids is 1. The lowest BCUT2D eigenvalue weighted by molar-refractivity contribution is -0.135. The van der Waals surface area contributed by atoms with Crippen LogP contribution in [0.2, 0.25) is 0 Å². The van der Waals surface area contributed by atoms with Crippen LogP contribution in [0.4, 0.5) is 0 Å². The number of rotatable bonds is 2. The van der Waals surface area contributed by atoms with Gasteiger partial charge in [-0.2, -0.15) is 5.10 Å². The third-order valence-corrected chi connectivity index (χ3v) is 3.70. The van der Waals surface area contributed by atoms with E-state index in [0.29, 0.717) is 13.0 Å². The lowest BCUT2D eigenvalue weighted by Crippen LogP contribution is -2.52. The molecule has 5 heteroatoms. The van der Waals surface area contributed by atoms with Crippen molar-refractivity contribution in [1.29, 1.82) is 0 Å². The summed E-state index contributed by atoms with van der Waals surface area (Å²) in [5, 5.41) is 9.18. The van der Waals surface area contributed by atoms with E-state index in [2.05, 4.69) is 15.4 Å². The van der Waals surface area contributed by atoms with Crippen molar-refractivity contribution >= 4 is 11.6 Å². The van der Waals surface area contributed by atoms with Gasteiger partial charge in [-0.1, -0.05) is 6.07 Å². The molecule has 0 radical (unpaired) electrons. The Hall–Kier alpha value is -1.75. The molecular weight excluding hydrogens is 228 g/mol.